The Morgan fingerprint density at radius 2 is 2.14 bits per heavy atom. The number of fused-ring (bicyclic) bond motifs is 1. The summed E-state index contributed by atoms with van der Waals surface area (Å²) in [5.74, 6) is 0.823. The third-order valence-corrected chi connectivity index (χ3v) is 4.16. The van der Waals surface area contributed by atoms with Crippen LogP contribution in [0, 0.1) is 9.39 Å². The zero-order chi connectivity index (χ0) is 15.2. The van der Waals surface area contributed by atoms with E-state index in [1.54, 1.807) is 13.2 Å². The lowest BCUT2D eigenvalue weighted by Gasteiger charge is -2.08. The number of nitrogens with zero attached hydrogens (tertiary/aromatic N) is 2. The number of aryl methyl sites for hydroxylation is 1. The molecule has 21 heavy (non-hydrogen) atoms. The van der Waals surface area contributed by atoms with Gasteiger partial charge in [0.2, 0.25) is 0 Å². The van der Waals surface area contributed by atoms with Crippen molar-refractivity contribution in [1.82, 2.24) is 9.55 Å². The van der Waals surface area contributed by atoms with Crippen LogP contribution in [0.2, 0.25) is 0 Å². The van der Waals surface area contributed by atoms with Gasteiger partial charge in [0, 0.05) is 26.3 Å². The zero-order valence-corrected chi connectivity index (χ0v) is 14.7. The van der Waals surface area contributed by atoms with Crippen molar-refractivity contribution in [3.05, 3.63) is 27.3 Å². The monoisotopic (exact) mass is 426 g/mol. The second-order valence-corrected chi connectivity index (χ2v) is 5.96. The van der Waals surface area contributed by atoms with E-state index in [2.05, 4.69) is 4.98 Å². The minimum absolute atomic E-state index is 0.235. The van der Waals surface area contributed by atoms with Crippen LogP contribution in [0.25, 0.3) is 11.0 Å². The number of ether oxygens (including phenoxy) is 2. The van der Waals surface area contributed by atoms with Gasteiger partial charge in [-0.05, 0) is 35.1 Å². The van der Waals surface area contributed by atoms with Gasteiger partial charge in [0.05, 0.1) is 33.7 Å². The molecule has 0 aliphatic carbocycles. The van der Waals surface area contributed by atoms with Gasteiger partial charge in [-0.3, -0.25) is 0 Å². The first-order valence-corrected chi connectivity index (χ1v) is 8.25. The Kier molecular flexibility index (Phi) is 6.66. The molecule has 2 aromatic rings. The maximum atomic E-state index is 13.7. The SMILES string of the molecule is COCCOCCCn1c(CCl)nc2cc(I)c(F)cc21. The summed E-state index contributed by atoms with van der Waals surface area (Å²) in [6.45, 7) is 2.49. The van der Waals surface area contributed by atoms with Crippen LogP contribution < -0.4 is 0 Å². The smallest absolute Gasteiger partial charge is 0.138 e. The van der Waals surface area contributed by atoms with Crippen molar-refractivity contribution in [2.45, 2.75) is 18.8 Å². The van der Waals surface area contributed by atoms with Crippen molar-refractivity contribution in [3.63, 3.8) is 0 Å². The highest BCUT2D eigenvalue weighted by molar-refractivity contribution is 14.1. The Morgan fingerprint density at radius 3 is 2.86 bits per heavy atom. The van der Waals surface area contributed by atoms with E-state index in [9.17, 15) is 4.39 Å². The Balaban J connectivity index is 2.08. The maximum Gasteiger partial charge on any atom is 0.138 e. The van der Waals surface area contributed by atoms with Gasteiger partial charge in [0.1, 0.15) is 11.6 Å². The van der Waals surface area contributed by atoms with Gasteiger partial charge in [-0.25, -0.2) is 9.37 Å². The highest BCUT2D eigenvalue weighted by Gasteiger charge is 2.12. The molecule has 0 bridgehead atoms. The molecule has 0 unspecified atom stereocenters. The molecule has 4 nitrogen and oxygen atoms in total. The fourth-order valence-corrected chi connectivity index (χ4v) is 2.75. The summed E-state index contributed by atoms with van der Waals surface area (Å²) in [5, 5.41) is 0. The first-order chi connectivity index (χ1) is 10.2. The number of hydrogen-bond acceptors (Lipinski definition) is 3. The van der Waals surface area contributed by atoms with Crippen LogP contribution in [-0.4, -0.2) is 36.5 Å². The molecule has 1 aromatic heterocycles. The number of benzene rings is 1. The van der Waals surface area contributed by atoms with Crippen LogP contribution in [-0.2, 0) is 21.9 Å². The predicted molar refractivity (Wildman–Crippen MR) is 89.3 cm³/mol. The first-order valence-electron chi connectivity index (χ1n) is 6.64. The van der Waals surface area contributed by atoms with Crippen LogP contribution in [0.5, 0.6) is 0 Å². The molecule has 0 N–H and O–H groups in total. The fraction of sp³-hybridized carbons (Fsp3) is 0.500. The molecule has 0 saturated carbocycles. The Hall–Kier alpha value is -0.440. The molecule has 0 fully saturated rings. The highest BCUT2D eigenvalue weighted by atomic mass is 127. The number of rotatable bonds is 8. The van der Waals surface area contributed by atoms with E-state index in [1.165, 1.54) is 6.07 Å². The first kappa shape index (κ1) is 16.9. The molecule has 7 heteroatoms. The summed E-state index contributed by atoms with van der Waals surface area (Å²) < 4.78 is 26.6. The van der Waals surface area contributed by atoms with Crippen molar-refractivity contribution in [1.29, 1.82) is 0 Å². The number of imidazole rings is 1. The number of aromatic nitrogens is 2. The van der Waals surface area contributed by atoms with Gasteiger partial charge in [-0.15, -0.1) is 11.6 Å². The maximum absolute atomic E-state index is 13.7. The molecule has 1 aromatic carbocycles. The Bertz CT molecular complexity index is 606. The summed E-state index contributed by atoms with van der Waals surface area (Å²) in [6, 6.07) is 3.26. The minimum atomic E-state index is -0.235. The summed E-state index contributed by atoms with van der Waals surface area (Å²) in [6.07, 6.45) is 0.812. The molecule has 1 heterocycles. The lowest BCUT2D eigenvalue weighted by atomic mass is 10.3. The van der Waals surface area contributed by atoms with E-state index in [0.717, 1.165) is 23.3 Å². The van der Waals surface area contributed by atoms with Gasteiger partial charge in [0.25, 0.3) is 0 Å². The third-order valence-electron chi connectivity index (χ3n) is 3.09. The van der Waals surface area contributed by atoms with Crippen LogP contribution in [0.3, 0.4) is 0 Å². The standard InChI is InChI=1S/C14H17ClFIN2O2/c1-20-5-6-21-4-2-3-19-13-7-10(16)11(17)8-12(13)18-14(19)9-15/h7-8H,2-6,9H2,1H3. The molecule has 0 spiro atoms. The van der Waals surface area contributed by atoms with Gasteiger partial charge in [-0.2, -0.15) is 0 Å². The van der Waals surface area contributed by atoms with Crippen LogP contribution >= 0.6 is 34.2 Å². The van der Waals surface area contributed by atoms with Gasteiger partial charge in [0.15, 0.2) is 0 Å². The van der Waals surface area contributed by atoms with E-state index >= 15 is 0 Å². The molecule has 0 amide bonds. The summed E-state index contributed by atoms with van der Waals surface area (Å²) in [7, 11) is 1.64. The average Bonchev–Trinajstić information content (AvgIpc) is 2.80. The minimum Gasteiger partial charge on any atom is -0.382 e. The second kappa shape index (κ2) is 8.26. The van der Waals surface area contributed by atoms with E-state index in [1.807, 2.05) is 27.2 Å². The Labute approximate surface area is 141 Å². The summed E-state index contributed by atoms with van der Waals surface area (Å²) in [4.78, 5) is 4.46. The van der Waals surface area contributed by atoms with E-state index in [0.29, 0.717) is 35.8 Å². The number of halogens is 3. The van der Waals surface area contributed by atoms with Crippen LogP contribution in [0.15, 0.2) is 12.1 Å². The van der Waals surface area contributed by atoms with Crippen molar-refractivity contribution >= 4 is 45.2 Å². The van der Waals surface area contributed by atoms with E-state index in [4.69, 9.17) is 21.1 Å². The fourth-order valence-electron chi connectivity index (χ4n) is 2.09. The second-order valence-electron chi connectivity index (χ2n) is 4.53. The average molecular weight is 427 g/mol. The third kappa shape index (κ3) is 4.28. The lowest BCUT2D eigenvalue weighted by molar-refractivity contribution is 0.0681. The largest absolute Gasteiger partial charge is 0.382 e. The van der Waals surface area contributed by atoms with Crippen LogP contribution in [0.4, 0.5) is 4.39 Å². The number of alkyl halides is 1. The quantitative estimate of drug-likeness (QED) is 0.368. The molecule has 116 valence electrons. The normalized spacial score (nSPS) is 11.4. The summed E-state index contributed by atoms with van der Waals surface area (Å²) in [5.41, 5.74) is 1.55. The van der Waals surface area contributed by atoms with Crippen molar-refractivity contribution < 1.29 is 13.9 Å². The van der Waals surface area contributed by atoms with Crippen molar-refractivity contribution in [2.24, 2.45) is 0 Å². The molecule has 0 aliphatic heterocycles. The zero-order valence-electron chi connectivity index (χ0n) is 11.7. The number of hydrogen-bond donors (Lipinski definition) is 0. The van der Waals surface area contributed by atoms with Gasteiger partial charge in [-0.1, -0.05) is 0 Å². The van der Waals surface area contributed by atoms with Crippen molar-refractivity contribution in [2.75, 3.05) is 26.9 Å². The molecule has 0 aliphatic rings. The van der Waals surface area contributed by atoms with E-state index < -0.39 is 0 Å². The van der Waals surface area contributed by atoms with Crippen molar-refractivity contribution in [3.8, 4) is 0 Å². The molecule has 0 radical (unpaired) electrons. The lowest BCUT2D eigenvalue weighted by Crippen LogP contribution is -2.08. The molecule has 0 saturated heterocycles. The van der Waals surface area contributed by atoms with Crippen LogP contribution in [0.1, 0.15) is 12.2 Å². The molecule has 0 atom stereocenters. The van der Waals surface area contributed by atoms with Gasteiger partial charge >= 0.3 is 0 Å². The van der Waals surface area contributed by atoms with E-state index in [-0.39, 0.29) is 5.82 Å². The molecular weight excluding hydrogens is 410 g/mol. The predicted octanol–water partition coefficient (Wildman–Crippen LogP) is 3.57. The van der Waals surface area contributed by atoms with Gasteiger partial charge < -0.3 is 14.0 Å². The topological polar surface area (TPSA) is 36.3 Å². The molecular formula is C14H17ClFIN2O2. The number of methoxy groups -OCH3 is 1. The summed E-state index contributed by atoms with van der Waals surface area (Å²) >= 11 is 7.90. The highest BCUT2D eigenvalue weighted by Crippen LogP contribution is 2.23. The molecule has 2 rings (SSSR count). The Morgan fingerprint density at radius 1 is 1.33 bits per heavy atom.